The van der Waals surface area contributed by atoms with E-state index in [1.54, 1.807) is 0 Å². The summed E-state index contributed by atoms with van der Waals surface area (Å²) in [6, 6.07) is 6.07. The highest BCUT2D eigenvalue weighted by Gasteiger charge is 2.28. The van der Waals surface area contributed by atoms with Crippen LogP contribution in [0.5, 0.6) is 0 Å². The molecule has 1 N–H and O–H groups in total. The lowest BCUT2D eigenvalue weighted by atomic mass is 9.96. The Kier molecular flexibility index (Phi) is 4.70. The van der Waals surface area contributed by atoms with Crippen molar-refractivity contribution in [3.05, 3.63) is 47.5 Å². The molecule has 2 aromatic rings. The van der Waals surface area contributed by atoms with E-state index >= 15 is 0 Å². The zero-order valence-corrected chi connectivity index (χ0v) is 15.7. The summed E-state index contributed by atoms with van der Waals surface area (Å²) in [7, 11) is 0. The standard InChI is InChI=1S/C21H28N4O/c1-15-3-6-19(13-16(15)2)23-21(26)24-10-7-18(8-11-24)20-22-9-12-25(20)14-17-4-5-17/h3,6,9,12-13,17-18H,4-5,7-8,10-11,14H2,1-2H3,(H,23,26). The van der Waals surface area contributed by atoms with Gasteiger partial charge in [-0.1, -0.05) is 6.07 Å². The first-order valence-electron chi connectivity index (χ1n) is 9.74. The van der Waals surface area contributed by atoms with Crippen LogP contribution in [0.15, 0.2) is 30.6 Å². The second-order valence-electron chi connectivity index (χ2n) is 7.87. The molecule has 0 spiro atoms. The molecule has 2 amide bonds. The third-order valence-corrected chi connectivity index (χ3v) is 5.81. The molecule has 2 fully saturated rings. The van der Waals surface area contributed by atoms with Gasteiger partial charge in [0, 0.05) is 43.6 Å². The summed E-state index contributed by atoms with van der Waals surface area (Å²) in [5.41, 5.74) is 3.31. The number of piperidine rings is 1. The van der Waals surface area contributed by atoms with Crippen LogP contribution in [-0.2, 0) is 6.54 Å². The van der Waals surface area contributed by atoms with E-state index in [0.29, 0.717) is 5.92 Å². The number of nitrogens with one attached hydrogen (secondary N) is 1. The van der Waals surface area contributed by atoms with Crippen molar-refractivity contribution in [2.75, 3.05) is 18.4 Å². The van der Waals surface area contributed by atoms with Crippen LogP contribution < -0.4 is 5.32 Å². The van der Waals surface area contributed by atoms with Gasteiger partial charge in [-0.2, -0.15) is 0 Å². The van der Waals surface area contributed by atoms with Gasteiger partial charge >= 0.3 is 6.03 Å². The third kappa shape index (κ3) is 3.76. The number of imidazole rings is 1. The Labute approximate surface area is 155 Å². The van der Waals surface area contributed by atoms with Gasteiger partial charge < -0.3 is 14.8 Å². The van der Waals surface area contributed by atoms with E-state index in [9.17, 15) is 4.79 Å². The summed E-state index contributed by atoms with van der Waals surface area (Å²) in [6.45, 7) is 6.84. The quantitative estimate of drug-likeness (QED) is 0.891. The number of carbonyl (C=O) groups excluding carboxylic acids is 1. The number of rotatable bonds is 4. The predicted octanol–water partition coefficient (Wildman–Crippen LogP) is 4.32. The molecule has 26 heavy (non-hydrogen) atoms. The van der Waals surface area contributed by atoms with E-state index in [2.05, 4.69) is 41.0 Å². The summed E-state index contributed by atoms with van der Waals surface area (Å²) < 4.78 is 2.34. The van der Waals surface area contributed by atoms with Crippen LogP contribution in [0.2, 0.25) is 0 Å². The lowest BCUT2D eigenvalue weighted by molar-refractivity contribution is 0.193. The average molecular weight is 352 g/mol. The van der Waals surface area contributed by atoms with Crippen molar-refractivity contribution in [2.45, 2.75) is 52.0 Å². The zero-order valence-electron chi connectivity index (χ0n) is 15.7. The SMILES string of the molecule is Cc1ccc(NC(=O)N2CCC(c3nccn3CC3CC3)CC2)cc1C. The van der Waals surface area contributed by atoms with Gasteiger partial charge in [-0.15, -0.1) is 0 Å². The smallest absolute Gasteiger partial charge is 0.321 e. The summed E-state index contributed by atoms with van der Waals surface area (Å²) in [4.78, 5) is 19.1. The molecule has 1 saturated carbocycles. The molecule has 0 unspecified atom stereocenters. The second kappa shape index (κ2) is 7.14. The number of hydrogen-bond donors (Lipinski definition) is 1. The van der Waals surface area contributed by atoms with Crippen molar-refractivity contribution >= 4 is 11.7 Å². The molecule has 138 valence electrons. The maximum atomic E-state index is 12.6. The molecule has 2 heterocycles. The summed E-state index contributed by atoms with van der Waals surface area (Å²) >= 11 is 0. The third-order valence-electron chi connectivity index (χ3n) is 5.81. The molecule has 0 radical (unpaired) electrons. The number of aryl methyl sites for hydroxylation is 2. The second-order valence-corrected chi connectivity index (χ2v) is 7.87. The Balaban J connectivity index is 1.33. The number of hydrogen-bond acceptors (Lipinski definition) is 2. The Bertz CT molecular complexity index is 785. The number of aromatic nitrogens is 2. The van der Waals surface area contributed by atoms with Crippen LogP contribution in [0.4, 0.5) is 10.5 Å². The molecule has 5 nitrogen and oxygen atoms in total. The number of likely N-dealkylation sites (tertiary alicyclic amines) is 1. The van der Waals surface area contributed by atoms with Crippen LogP contribution in [0, 0.1) is 19.8 Å². The van der Waals surface area contributed by atoms with Gasteiger partial charge in [0.05, 0.1) is 0 Å². The van der Waals surface area contributed by atoms with Gasteiger partial charge in [0.15, 0.2) is 0 Å². The van der Waals surface area contributed by atoms with Gasteiger partial charge in [0.2, 0.25) is 0 Å². The molecule has 1 aromatic carbocycles. The summed E-state index contributed by atoms with van der Waals surface area (Å²) in [5, 5.41) is 3.04. The summed E-state index contributed by atoms with van der Waals surface area (Å²) in [6.07, 6.45) is 8.73. The molecular formula is C21H28N4O. The van der Waals surface area contributed by atoms with E-state index in [-0.39, 0.29) is 6.03 Å². The van der Waals surface area contributed by atoms with E-state index in [1.165, 1.54) is 29.8 Å². The number of urea groups is 1. The fourth-order valence-corrected chi connectivity index (χ4v) is 3.78. The van der Waals surface area contributed by atoms with Crippen LogP contribution in [-0.4, -0.2) is 33.6 Å². The van der Waals surface area contributed by atoms with E-state index in [0.717, 1.165) is 44.1 Å². The number of anilines is 1. The van der Waals surface area contributed by atoms with Crippen molar-refractivity contribution in [1.82, 2.24) is 14.5 Å². The van der Waals surface area contributed by atoms with Gasteiger partial charge in [0.25, 0.3) is 0 Å². The van der Waals surface area contributed by atoms with E-state index in [4.69, 9.17) is 0 Å². The highest BCUT2D eigenvalue weighted by molar-refractivity contribution is 5.89. The molecule has 0 atom stereocenters. The molecule has 1 aliphatic carbocycles. The maximum Gasteiger partial charge on any atom is 0.321 e. The van der Waals surface area contributed by atoms with Crippen LogP contribution in [0.3, 0.4) is 0 Å². The van der Waals surface area contributed by atoms with Gasteiger partial charge in [0.1, 0.15) is 5.82 Å². The van der Waals surface area contributed by atoms with E-state index < -0.39 is 0 Å². The lowest BCUT2D eigenvalue weighted by Gasteiger charge is -2.32. The minimum atomic E-state index is 0.00743. The average Bonchev–Trinajstić information content (AvgIpc) is 3.33. The highest BCUT2D eigenvalue weighted by atomic mass is 16.2. The van der Waals surface area contributed by atoms with Crippen LogP contribution >= 0.6 is 0 Å². The Morgan fingerprint density at radius 2 is 1.92 bits per heavy atom. The molecule has 1 saturated heterocycles. The van der Waals surface area contributed by atoms with Crippen LogP contribution in [0.25, 0.3) is 0 Å². The van der Waals surface area contributed by atoms with Crippen molar-refractivity contribution in [2.24, 2.45) is 5.92 Å². The lowest BCUT2D eigenvalue weighted by Crippen LogP contribution is -2.41. The summed E-state index contributed by atoms with van der Waals surface area (Å²) in [5.74, 6) is 2.53. The highest BCUT2D eigenvalue weighted by Crippen LogP contribution is 2.33. The van der Waals surface area contributed by atoms with Crippen LogP contribution in [0.1, 0.15) is 48.6 Å². The topological polar surface area (TPSA) is 50.2 Å². The number of nitrogens with zero attached hydrogens (tertiary/aromatic N) is 3. The predicted molar refractivity (Wildman–Crippen MR) is 103 cm³/mol. The first-order valence-corrected chi connectivity index (χ1v) is 9.74. The first-order chi connectivity index (χ1) is 12.6. The largest absolute Gasteiger partial charge is 0.334 e. The molecule has 0 bridgehead atoms. The van der Waals surface area contributed by atoms with Gasteiger partial charge in [-0.05, 0) is 68.7 Å². The minimum Gasteiger partial charge on any atom is -0.334 e. The number of amides is 2. The molecule has 1 aromatic heterocycles. The molecular weight excluding hydrogens is 324 g/mol. The van der Waals surface area contributed by atoms with Crippen molar-refractivity contribution in [3.63, 3.8) is 0 Å². The Hall–Kier alpha value is -2.30. The number of carbonyl (C=O) groups is 1. The molecule has 2 aliphatic rings. The first kappa shape index (κ1) is 17.1. The van der Waals surface area contributed by atoms with Crippen molar-refractivity contribution in [3.8, 4) is 0 Å². The Morgan fingerprint density at radius 1 is 1.15 bits per heavy atom. The van der Waals surface area contributed by atoms with E-state index in [1.807, 2.05) is 23.2 Å². The Morgan fingerprint density at radius 3 is 2.62 bits per heavy atom. The van der Waals surface area contributed by atoms with Gasteiger partial charge in [-0.3, -0.25) is 0 Å². The molecule has 4 rings (SSSR count). The fraction of sp³-hybridized carbons (Fsp3) is 0.524. The van der Waals surface area contributed by atoms with Gasteiger partial charge in [-0.25, -0.2) is 9.78 Å². The maximum absolute atomic E-state index is 12.6. The fourth-order valence-electron chi connectivity index (χ4n) is 3.78. The monoisotopic (exact) mass is 352 g/mol. The zero-order chi connectivity index (χ0) is 18.1. The normalized spacial score (nSPS) is 18.2. The van der Waals surface area contributed by atoms with Crippen molar-refractivity contribution in [1.29, 1.82) is 0 Å². The molecule has 5 heteroatoms. The van der Waals surface area contributed by atoms with Crippen molar-refractivity contribution < 1.29 is 4.79 Å². The minimum absolute atomic E-state index is 0.00743. The number of benzene rings is 1. The molecule has 1 aliphatic heterocycles.